The van der Waals surface area contributed by atoms with Crippen LogP contribution in [-0.4, -0.2) is 22.9 Å². The topological polar surface area (TPSA) is 38.7 Å². The van der Waals surface area contributed by atoms with E-state index in [0.717, 1.165) is 12.8 Å². The summed E-state index contributed by atoms with van der Waals surface area (Å²) in [5.41, 5.74) is 5.12. The Morgan fingerprint density at radius 1 is 1.22 bits per heavy atom. The fourth-order valence-electron chi connectivity index (χ4n) is 6.41. The van der Waals surface area contributed by atoms with Gasteiger partial charge in [-0.25, -0.2) is 0 Å². The molecular formula is C20H26O3. The zero-order chi connectivity index (χ0) is 16.0. The Bertz CT molecular complexity index is 682. The first-order valence-corrected chi connectivity index (χ1v) is 9.11. The predicted octanol–water partition coefficient (Wildman–Crippen LogP) is 3.90. The molecule has 1 saturated carbocycles. The van der Waals surface area contributed by atoms with Crippen molar-refractivity contribution in [2.24, 2.45) is 5.41 Å². The second kappa shape index (κ2) is 4.38. The van der Waals surface area contributed by atoms with Crippen molar-refractivity contribution in [2.45, 2.75) is 82.9 Å². The largest absolute Gasteiger partial charge is 0.391 e. The highest BCUT2D eigenvalue weighted by atomic mass is 16.6. The second-order valence-corrected chi connectivity index (χ2v) is 8.33. The molecule has 1 N–H and O–H groups in total. The monoisotopic (exact) mass is 314 g/mol. The molecule has 3 heteroatoms. The summed E-state index contributed by atoms with van der Waals surface area (Å²) < 4.78 is 13.4. The van der Waals surface area contributed by atoms with Gasteiger partial charge >= 0.3 is 0 Å². The number of aryl methyl sites for hydroxylation is 2. The molecule has 2 heterocycles. The molecule has 23 heavy (non-hydrogen) atoms. The van der Waals surface area contributed by atoms with Crippen molar-refractivity contribution >= 4 is 0 Å². The smallest absolute Gasteiger partial charge is 0.114 e. The van der Waals surface area contributed by atoms with Crippen molar-refractivity contribution in [3.8, 4) is 0 Å². The van der Waals surface area contributed by atoms with Gasteiger partial charge in [-0.05, 0) is 56.7 Å². The average Bonchev–Trinajstić information content (AvgIpc) is 2.92. The van der Waals surface area contributed by atoms with Gasteiger partial charge in [0, 0.05) is 5.41 Å². The van der Waals surface area contributed by atoms with E-state index in [1.807, 2.05) is 6.92 Å². The third-order valence-corrected chi connectivity index (χ3v) is 7.02. The lowest BCUT2D eigenvalue weighted by Crippen LogP contribution is -2.54. The number of benzene rings is 1. The van der Waals surface area contributed by atoms with Crippen LogP contribution in [0.25, 0.3) is 0 Å². The lowest BCUT2D eigenvalue weighted by Gasteiger charge is -2.46. The Kier molecular flexibility index (Phi) is 2.75. The average molecular weight is 314 g/mol. The molecule has 1 aromatic carbocycles. The quantitative estimate of drug-likeness (QED) is 0.854. The van der Waals surface area contributed by atoms with Gasteiger partial charge in [0.25, 0.3) is 0 Å². The summed E-state index contributed by atoms with van der Waals surface area (Å²) in [5.74, 6) is 0. The Morgan fingerprint density at radius 3 is 2.78 bits per heavy atom. The highest BCUT2D eigenvalue weighted by molar-refractivity contribution is 5.48. The molecule has 2 saturated heterocycles. The highest BCUT2D eigenvalue weighted by Gasteiger charge is 2.75. The van der Waals surface area contributed by atoms with Gasteiger partial charge in [-0.15, -0.1) is 0 Å². The molecule has 1 spiro atoms. The van der Waals surface area contributed by atoms with Gasteiger partial charge in [0.05, 0.1) is 18.3 Å². The van der Waals surface area contributed by atoms with Crippen LogP contribution in [0, 0.1) is 19.3 Å². The third kappa shape index (κ3) is 1.52. The van der Waals surface area contributed by atoms with E-state index in [-0.39, 0.29) is 29.3 Å². The number of aliphatic hydroxyl groups is 1. The van der Waals surface area contributed by atoms with Crippen LogP contribution in [0.2, 0.25) is 0 Å². The summed E-state index contributed by atoms with van der Waals surface area (Å²) in [6, 6.07) is 4.57. The van der Waals surface area contributed by atoms with Gasteiger partial charge in [-0.2, -0.15) is 0 Å². The molecule has 2 aliphatic carbocycles. The first kappa shape index (κ1) is 14.4. The van der Waals surface area contributed by atoms with E-state index in [0.29, 0.717) is 0 Å². The summed E-state index contributed by atoms with van der Waals surface area (Å²) in [7, 11) is 0. The molecule has 124 valence electrons. The Hall–Kier alpha value is -0.900. The Morgan fingerprint density at radius 2 is 2.00 bits per heavy atom. The van der Waals surface area contributed by atoms with Gasteiger partial charge in [0.2, 0.25) is 0 Å². The predicted molar refractivity (Wildman–Crippen MR) is 87.3 cm³/mol. The lowest BCUT2D eigenvalue weighted by atomic mass is 9.56. The van der Waals surface area contributed by atoms with Crippen molar-refractivity contribution in [1.29, 1.82) is 0 Å². The summed E-state index contributed by atoms with van der Waals surface area (Å²) >= 11 is 0. The molecule has 3 fully saturated rings. The van der Waals surface area contributed by atoms with Crippen LogP contribution in [0.5, 0.6) is 0 Å². The molecular weight excluding hydrogens is 288 g/mol. The summed E-state index contributed by atoms with van der Waals surface area (Å²) in [4.78, 5) is 0. The maximum Gasteiger partial charge on any atom is 0.114 e. The molecule has 0 aromatic heterocycles. The lowest BCUT2D eigenvalue weighted by molar-refractivity contribution is -0.157. The zero-order valence-electron chi connectivity index (χ0n) is 14.3. The first-order chi connectivity index (χ1) is 11.0. The van der Waals surface area contributed by atoms with E-state index < -0.39 is 6.10 Å². The molecule has 0 unspecified atom stereocenters. The molecule has 0 amide bonds. The van der Waals surface area contributed by atoms with Crippen molar-refractivity contribution in [1.82, 2.24) is 0 Å². The van der Waals surface area contributed by atoms with Crippen molar-refractivity contribution in [2.75, 3.05) is 0 Å². The fraction of sp³-hybridized carbons (Fsp3) is 0.700. The van der Waals surface area contributed by atoms with Crippen LogP contribution in [0.1, 0.15) is 73.5 Å². The second-order valence-electron chi connectivity index (χ2n) is 8.33. The van der Waals surface area contributed by atoms with Crippen LogP contribution in [0.3, 0.4) is 0 Å². The Balaban J connectivity index is 1.76. The van der Waals surface area contributed by atoms with Crippen LogP contribution < -0.4 is 0 Å². The van der Waals surface area contributed by atoms with Gasteiger partial charge in [0.15, 0.2) is 0 Å². The number of hydrogen-bond acceptors (Lipinski definition) is 3. The molecule has 2 aliphatic heterocycles. The molecule has 6 atom stereocenters. The molecule has 4 aliphatic rings. The van der Waals surface area contributed by atoms with E-state index in [1.54, 1.807) is 0 Å². The van der Waals surface area contributed by atoms with Gasteiger partial charge < -0.3 is 14.6 Å². The standard InChI is InChI=1S/C20H26O3/c1-11-8-12(2)16-14(9-11)18-19-6-4-5-7-20(19,23-15(16)10-19)17(22-18)13(3)21/h8-9,13,15,17-18,21H,4-7,10H2,1-3H3/t13-,15+,17-,18+,19-,20+/m0/s1. The SMILES string of the molecule is Cc1cc(C)c2c(c1)[C@H]1O[C@@H]([C@H](C)O)[C@]34CCCC[C@]13C[C@H]2O4. The van der Waals surface area contributed by atoms with E-state index in [4.69, 9.17) is 9.47 Å². The molecule has 2 bridgehead atoms. The summed E-state index contributed by atoms with van der Waals surface area (Å²) in [6.07, 6.45) is 5.31. The van der Waals surface area contributed by atoms with Crippen molar-refractivity contribution in [3.63, 3.8) is 0 Å². The summed E-state index contributed by atoms with van der Waals surface area (Å²) in [5, 5.41) is 10.4. The van der Waals surface area contributed by atoms with Crippen LogP contribution in [0.4, 0.5) is 0 Å². The number of aliphatic hydroxyl groups excluding tert-OH is 1. The minimum Gasteiger partial charge on any atom is -0.391 e. The minimum absolute atomic E-state index is 0.0742. The molecule has 3 nitrogen and oxygen atoms in total. The van der Waals surface area contributed by atoms with E-state index in [2.05, 4.69) is 26.0 Å². The normalized spacial score (nSPS) is 44.8. The van der Waals surface area contributed by atoms with Crippen molar-refractivity contribution < 1.29 is 14.6 Å². The van der Waals surface area contributed by atoms with E-state index >= 15 is 0 Å². The minimum atomic E-state index is -0.483. The number of fused-ring (bicyclic) bond motifs is 4. The maximum absolute atomic E-state index is 10.4. The number of rotatable bonds is 1. The molecule has 0 radical (unpaired) electrons. The van der Waals surface area contributed by atoms with Crippen LogP contribution in [-0.2, 0) is 9.47 Å². The van der Waals surface area contributed by atoms with Crippen LogP contribution >= 0.6 is 0 Å². The van der Waals surface area contributed by atoms with Crippen molar-refractivity contribution in [3.05, 3.63) is 34.4 Å². The van der Waals surface area contributed by atoms with Gasteiger partial charge in [0.1, 0.15) is 11.7 Å². The molecule has 1 aromatic rings. The van der Waals surface area contributed by atoms with Gasteiger partial charge in [-0.1, -0.05) is 30.5 Å². The zero-order valence-corrected chi connectivity index (χ0v) is 14.3. The third-order valence-electron chi connectivity index (χ3n) is 7.02. The number of hydrogen-bond donors (Lipinski definition) is 1. The fourth-order valence-corrected chi connectivity index (χ4v) is 6.41. The maximum atomic E-state index is 10.4. The Labute approximate surface area is 138 Å². The summed E-state index contributed by atoms with van der Waals surface area (Å²) in [6.45, 7) is 6.23. The number of ether oxygens (including phenoxy) is 2. The first-order valence-electron chi connectivity index (χ1n) is 9.11. The van der Waals surface area contributed by atoms with E-state index in [1.165, 1.54) is 41.5 Å². The highest BCUT2D eigenvalue weighted by Crippen LogP contribution is 2.74. The van der Waals surface area contributed by atoms with E-state index in [9.17, 15) is 5.11 Å². The van der Waals surface area contributed by atoms with Gasteiger partial charge in [-0.3, -0.25) is 0 Å². The van der Waals surface area contributed by atoms with Crippen LogP contribution in [0.15, 0.2) is 12.1 Å². The molecule has 5 rings (SSSR count).